The molecule has 0 N–H and O–H groups in total. The fourth-order valence-electron chi connectivity index (χ4n) is 1.99. The summed E-state index contributed by atoms with van der Waals surface area (Å²) < 4.78 is 0. The van der Waals surface area contributed by atoms with Gasteiger partial charge in [0, 0.05) is 23.6 Å². The molecule has 2 rings (SSSR count). The van der Waals surface area contributed by atoms with Crippen LogP contribution in [-0.2, 0) is 0 Å². The number of aliphatic imine (C=N–C) groups is 1. The van der Waals surface area contributed by atoms with Crippen molar-refractivity contribution in [3.05, 3.63) is 10.6 Å². The van der Waals surface area contributed by atoms with Gasteiger partial charge in [0.1, 0.15) is 0 Å². The number of hydrogen-bond donors (Lipinski definition) is 2. The lowest BCUT2D eigenvalue weighted by Crippen LogP contribution is -2.30. The van der Waals surface area contributed by atoms with Gasteiger partial charge in [0.25, 0.3) is 0 Å². The third-order valence-electron chi connectivity index (χ3n) is 2.73. The molecule has 3 nitrogen and oxygen atoms in total. The molecule has 86 valence electrons. The molecule has 0 aromatic heterocycles. The highest BCUT2D eigenvalue weighted by Crippen LogP contribution is 2.42. The van der Waals surface area contributed by atoms with Gasteiger partial charge in [0.05, 0.1) is 18.0 Å². The highest BCUT2D eigenvalue weighted by Gasteiger charge is 2.36. The fourth-order valence-corrected chi connectivity index (χ4v) is 4.19. The second kappa shape index (κ2) is 5.17. The Hall–Kier alpha value is 0.1000. The van der Waals surface area contributed by atoms with Gasteiger partial charge >= 0.3 is 0 Å². The van der Waals surface area contributed by atoms with Crippen LogP contribution in [0.15, 0.2) is 15.6 Å². The normalized spacial score (nSPS) is 28.9. The monoisotopic (exact) mass is 289 g/mol. The van der Waals surface area contributed by atoms with E-state index < -0.39 is 0 Å². The molecule has 0 radical (unpaired) electrons. The van der Waals surface area contributed by atoms with Gasteiger partial charge in [-0.05, 0) is 17.7 Å². The Bertz CT molecular complexity index is 398. The van der Waals surface area contributed by atoms with Gasteiger partial charge in [0.2, 0.25) is 0 Å². The van der Waals surface area contributed by atoms with Crippen LogP contribution in [0.3, 0.4) is 0 Å². The van der Waals surface area contributed by atoms with Crippen molar-refractivity contribution in [3.8, 4) is 6.07 Å². The first kappa shape index (κ1) is 12.6. The van der Waals surface area contributed by atoms with Gasteiger partial charge in [-0.1, -0.05) is 10.8 Å². The Kier molecular flexibility index (Phi) is 4.06. The number of nitriles is 1. The molecule has 0 aromatic carbocycles. The Balaban J connectivity index is 2.37. The van der Waals surface area contributed by atoms with Crippen molar-refractivity contribution in [1.29, 1.82) is 5.26 Å². The average Bonchev–Trinajstić information content (AvgIpc) is 2.71. The summed E-state index contributed by atoms with van der Waals surface area (Å²) in [5.74, 6) is 0.0569. The van der Waals surface area contributed by atoms with Crippen molar-refractivity contribution in [3.63, 3.8) is 0 Å². The number of amidine groups is 1. The molecule has 0 aromatic rings. The van der Waals surface area contributed by atoms with Gasteiger partial charge in [-0.25, -0.2) is 0 Å². The summed E-state index contributed by atoms with van der Waals surface area (Å²) in [4.78, 5) is 7.82. The first-order chi connectivity index (χ1) is 7.71. The largest absolute Gasteiger partial charge is 0.322 e. The maximum absolute atomic E-state index is 9.01. The van der Waals surface area contributed by atoms with Crippen molar-refractivity contribution in [2.75, 3.05) is 6.54 Å². The highest BCUT2D eigenvalue weighted by molar-refractivity contribution is 8.74. The molecule has 2 unspecified atom stereocenters. The molecule has 0 spiro atoms. The predicted octanol–water partition coefficient (Wildman–Crippen LogP) is 2.96. The summed E-state index contributed by atoms with van der Waals surface area (Å²) >= 11 is 8.49. The quantitative estimate of drug-likeness (QED) is 0.575. The number of rotatable bonds is 1. The molecule has 0 saturated carbocycles. The number of thiol groups is 2. The van der Waals surface area contributed by atoms with Gasteiger partial charge < -0.3 is 4.90 Å². The lowest BCUT2D eigenvalue weighted by molar-refractivity contribution is 0.548. The Morgan fingerprint density at radius 2 is 2.25 bits per heavy atom. The van der Waals surface area contributed by atoms with Crippen molar-refractivity contribution in [2.45, 2.75) is 19.4 Å². The van der Waals surface area contributed by atoms with E-state index in [-0.39, 0.29) is 12.0 Å². The van der Waals surface area contributed by atoms with Crippen LogP contribution in [0.1, 0.15) is 13.3 Å². The first-order valence-electron chi connectivity index (χ1n) is 4.82. The Labute approximate surface area is 113 Å². The summed E-state index contributed by atoms with van der Waals surface area (Å²) in [6.45, 7) is 2.77. The number of fused-ring (bicyclic) bond motifs is 1. The summed E-state index contributed by atoms with van der Waals surface area (Å²) in [6.07, 6.45) is 0.803. The van der Waals surface area contributed by atoms with Crippen LogP contribution in [0.25, 0.3) is 0 Å². The van der Waals surface area contributed by atoms with E-state index in [0.717, 1.165) is 23.0 Å². The molecule has 2 aliphatic rings. The van der Waals surface area contributed by atoms with E-state index in [2.05, 4.69) is 39.3 Å². The molecule has 2 aliphatic heterocycles. The Morgan fingerprint density at radius 3 is 2.81 bits per heavy atom. The molecule has 0 aliphatic carbocycles. The van der Waals surface area contributed by atoms with Crippen LogP contribution in [0, 0.1) is 17.2 Å². The second-order valence-corrected chi connectivity index (χ2v) is 5.99. The third-order valence-corrected chi connectivity index (χ3v) is 5.07. The van der Waals surface area contributed by atoms with Gasteiger partial charge in [0.15, 0.2) is 5.17 Å². The summed E-state index contributed by atoms with van der Waals surface area (Å²) in [5.41, 5.74) is 1.20. The molecule has 1 fully saturated rings. The zero-order valence-electron chi connectivity index (χ0n) is 8.62. The minimum atomic E-state index is 0.0569. The van der Waals surface area contributed by atoms with Crippen molar-refractivity contribution >= 4 is 50.1 Å². The molecule has 2 atom stereocenters. The maximum Gasteiger partial charge on any atom is 0.174 e. The third kappa shape index (κ3) is 2.08. The van der Waals surface area contributed by atoms with Crippen LogP contribution in [-0.4, -0.2) is 22.7 Å². The number of nitrogens with zero attached hydrogens (tertiary/aromatic N) is 3. The van der Waals surface area contributed by atoms with E-state index in [1.807, 2.05) is 6.92 Å². The van der Waals surface area contributed by atoms with Gasteiger partial charge in [-0.2, -0.15) is 5.26 Å². The van der Waals surface area contributed by atoms with E-state index >= 15 is 0 Å². The van der Waals surface area contributed by atoms with Crippen LogP contribution in [0.5, 0.6) is 0 Å². The topological polar surface area (TPSA) is 39.4 Å². The molecule has 0 amide bonds. The standard InChI is InChI=1S/C9H11N3S4/c1-5-8(15-13)7-2-6(3-10)4-12(7)9(11-5)16-14/h5-6,13-14H,2,4H2,1H3. The second-order valence-electron chi connectivity index (χ2n) is 3.72. The molecule has 7 heteroatoms. The number of hydrogen-bond acceptors (Lipinski definition) is 7. The van der Waals surface area contributed by atoms with Crippen LogP contribution in [0.4, 0.5) is 0 Å². The van der Waals surface area contributed by atoms with Crippen LogP contribution in [0.2, 0.25) is 0 Å². The van der Waals surface area contributed by atoms with E-state index in [9.17, 15) is 0 Å². The van der Waals surface area contributed by atoms with Gasteiger partial charge in [-0.15, -0.1) is 23.3 Å². The number of allylic oxidation sites excluding steroid dienone is 1. The Morgan fingerprint density at radius 1 is 1.50 bits per heavy atom. The van der Waals surface area contributed by atoms with E-state index in [4.69, 9.17) is 5.26 Å². The van der Waals surface area contributed by atoms with Gasteiger partial charge in [-0.3, -0.25) is 4.99 Å². The maximum atomic E-state index is 9.01. The van der Waals surface area contributed by atoms with Crippen molar-refractivity contribution in [1.82, 2.24) is 4.90 Å². The molecule has 0 bridgehead atoms. The predicted molar refractivity (Wildman–Crippen MR) is 77.5 cm³/mol. The lowest BCUT2D eigenvalue weighted by atomic mass is 10.1. The molecular formula is C9H11N3S4. The van der Waals surface area contributed by atoms with Crippen LogP contribution >= 0.6 is 44.9 Å². The minimum Gasteiger partial charge on any atom is -0.322 e. The summed E-state index contributed by atoms with van der Waals surface area (Å²) in [6, 6.07) is 2.45. The highest BCUT2D eigenvalue weighted by atomic mass is 33.1. The van der Waals surface area contributed by atoms with E-state index in [1.165, 1.54) is 27.3 Å². The summed E-state index contributed by atoms with van der Waals surface area (Å²) in [5, 5.41) is 9.90. The zero-order valence-corrected chi connectivity index (χ0v) is 12.0. The lowest BCUT2D eigenvalue weighted by Gasteiger charge is -2.29. The summed E-state index contributed by atoms with van der Waals surface area (Å²) in [7, 11) is 2.78. The van der Waals surface area contributed by atoms with Crippen molar-refractivity contribution in [2.24, 2.45) is 10.9 Å². The zero-order chi connectivity index (χ0) is 11.7. The molecule has 1 saturated heterocycles. The first-order valence-corrected chi connectivity index (χ1v) is 8.55. The van der Waals surface area contributed by atoms with Crippen LogP contribution < -0.4 is 0 Å². The van der Waals surface area contributed by atoms with E-state index in [0.29, 0.717) is 0 Å². The minimum absolute atomic E-state index is 0.0569. The van der Waals surface area contributed by atoms with Crippen molar-refractivity contribution < 1.29 is 0 Å². The van der Waals surface area contributed by atoms with E-state index in [1.54, 1.807) is 0 Å². The molecular weight excluding hydrogens is 278 g/mol. The smallest absolute Gasteiger partial charge is 0.174 e. The average molecular weight is 289 g/mol. The molecule has 16 heavy (non-hydrogen) atoms. The fraction of sp³-hybridized carbons (Fsp3) is 0.556. The SMILES string of the molecule is CC1N=C(SS)N2CC(C#N)CC2=C1SS. The molecule has 2 heterocycles.